The molecule has 0 bridgehead atoms. The summed E-state index contributed by atoms with van der Waals surface area (Å²) in [6.07, 6.45) is 0.718. The maximum Gasteiger partial charge on any atom is 0.180 e. The van der Waals surface area contributed by atoms with Crippen LogP contribution in [0.3, 0.4) is 0 Å². The number of rotatable bonds is 7. The van der Waals surface area contributed by atoms with Gasteiger partial charge in [0.2, 0.25) is 0 Å². The van der Waals surface area contributed by atoms with Crippen molar-refractivity contribution in [1.82, 2.24) is 4.98 Å². The van der Waals surface area contributed by atoms with Gasteiger partial charge in [-0.3, -0.25) is 0 Å². The van der Waals surface area contributed by atoms with Crippen molar-refractivity contribution in [1.29, 1.82) is 0 Å². The van der Waals surface area contributed by atoms with Gasteiger partial charge >= 0.3 is 0 Å². The number of nitrogen functional groups attached to an aromatic ring is 1. The van der Waals surface area contributed by atoms with Crippen molar-refractivity contribution in [3.8, 4) is 17.2 Å². The first-order chi connectivity index (χ1) is 12.6. The molecule has 1 aromatic heterocycles. The Morgan fingerprint density at radius 2 is 1.65 bits per heavy atom. The Morgan fingerprint density at radius 3 is 2.23 bits per heavy atom. The Morgan fingerprint density at radius 1 is 0.962 bits per heavy atom. The third-order valence-electron chi connectivity index (χ3n) is 4.33. The Bertz CT molecular complexity index is 862. The van der Waals surface area contributed by atoms with E-state index in [1.807, 2.05) is 35.7 Å². The second-order valence-electron chi connectivity index (χ2n) is 5.82. The lowest BCUT2D eigenvalue weighted by Gasteiger charge is -2.18. The van der Waals surface area contributed by atoms with Gasteiger partial charge in [0.25, 0.3) is 0 Å². The van der Waals surface area contributed by atoms with Gasteiger partial charge in [-0.25, -0.2) is 4.98 Å². The van der Waals surface area contributed by atoms with Crippen LogP contribution in [0, 0.1) is 0 Å². The highest BCUT2D eigenvalue weighted by molar-refractivity contribution is 7.13. The summed E-state index contributed by atoms with van der Waals surface area (Å²) in [6, 6.07) is 13.9. The number of thiazole rings is 1. The Labute approximate surface area is 157 Å². The number of hydrogen-bond acceptors (Lipinski definition) is 6. The minimum Gasteiger partial charge on any atom is -0.497 e. The van der Waals surface area contributed by atoms with Gasteiger partial charge in [0.05, 0.1) is 27.0 Å². The van der Waals surface area contributed by atoms with Gasteiger partial charge < -0.3 is 19.9 Å². The summed E-state index contributed by atoms with van der Waals surface area (Å²) in [5, 5.41) is 2.58. The smallest absolute Gasteiger partial charge is 0.180 e. The molecular weight excluding hydrogens is 348 g/mol. The molecule has 0 saturated heterocycles. The lowest BCUT2D eigenvalue weighted by atomic mass is 9.89. The van der Waals surface area contributed by atoms with Gasteiger partial charge in [-0.05, 0) is 47.9 Å². The van der Waals surface area contributed by atoms with Gasteiger partial charge in [-0.15, -0.1) is 11.3 Å². The van der Waals surface area contributed by atoms with Crippen LogP contribution in [0.25, 0.3) is 0 Å². The van der Waals surface area contributed by atoms with Crippen LogP contribution in [0.15, 0.2) is 47.8 Å². The fraction of sp³-hybridized carbons (Fsp3) is 0.250. The van der Waals surface area contributed by atoms with Gasteiger partial charge in [-0.1, -0.05) is 12.1 Å². The standard InChI is InChI=1S/C20H22N2O3S/c1-23-15-6-4-13(5-7-15)17(18-12-26-20(21)22-18)11-14-10-16(24-2)8-9-19(14)25-3/h4-10,12,17H,11H2,1-3H3,(H2,21,22). The molecule has 6 heteroatoms. The predicted octanol–water partition coefficient (Wildman–Crippen LogP) is 4.13. The van der Waals surface area contributed by atoms with E-state index in [0.29, 0.717) is 5.13 Å². The fourth-order valence-electron chi connectivity index (χ4n) is 2.95. The minimum atomic E-state index is 0.0514. The monoisotopic (exact) mass is 370 g/mol. The van der Waals surface area contributed by atoms with Crippen molar-refractivity contribution in [2.24, 2.45) is 0 Å². The molecule has 0 aliphatic carbocycles. The zero-order valence-corrected chi connectivity index (χ0v) is 15.9. The normalized spacial score (nSPS) is 11.8. The van der Waals surface area contributed by atoms with Crippen molar-refractivity contribution in [3.63, 3.8) is 0 Å². The number of benzene rings is 2. The lowest BCUT2D eigenvalue weighted by molar-refractivity contribution is 0.398. The van der Waals surface area contributed by atoms with Crippen LogP contribution in [-0.4, -0.2) is 26.3 Å². The number of methoxy groups -OCH3 is 3. The summed E-state index contributed by atoms with van der Waals surface area (Å²) < 4.78 is 16.2. The van der Waals surface area contributed by atoms with E-state index in [0.717, 1.165) is 40.5 Å². The highest BCUT2D eigenvalue weighted by atomic mass is 32.1. The highest BCUT2D eigenvalue weighted by Crippen LogP contribution is 2.35. The summed E-state index contributed by atoms with van der Waals surface area (Å²) in [5.41, 5.74) is 9.02. The van der Waals surface area contributed by atoms with Crippen molar-refractivity contribution in [2.75, 3.05) is 27.1 Å². The Balaban J connectivity index is 2.01. The molecule has 1 unspecified atom stereocenters. The molecule has 2 aromatic carbocycles. The molecule has 0 aliphatic rings. The van der Waals surface area contributed by atoms with E-state index >= 15 is 0 Å². The lowest BCUT2D eigenvalue weighted by Crippen LogP contribution is -2.07. The number of nitrogens with zero attached hydrogens (tertiary/aromatic N) is 1. The van der Waals surface area contributed by atoms with E-state index in [9.17, 15) is 0 Å². The summed E-state index contributed by atoms with van der Waals surface area (Å²) >= 11 is 1.45. The number of anilines is 1. The molecule has 3 rings (SSSR count). The molecule has 0 aliphatic heterocycles. The molecule has 0 saturated carbocycles. The van der Waals surface area contributed by atoms with Crippen LogP contribution in [-0.2, 0) is 6.42 Å². The average molecular weight is 370 g/mol. The van der Waals surface area contributed by atoms with Gasteiger partial charge in [0, 0.05) is 11.3 Å². The molecule has 0 radical (unpaired) electrons. The summed E-state index contributed by atoms with van der Waals surface area (Å²) in [6.45, 7) is 0. The molecule has 1 heterocycles. The van der Waals surface area contributed by atoms with Crippen LogP contribution in [0.1, 0.15) is 22.7 Å². The van der Waals surface area contributed by atoms with Crippen molar-refractivity contribution < 1.29 is 14.2 Å². The first kappa shape index (κ1) is 18.1. The van der Waals surface area contributed by atoms with E-state index < -0.39 is 0 Å². The fourth-order valence-corrected chi connectivity index (χ4v) is 3.57. The zero-order chi connectivity index (χ0) is 18.5. The third-order valence-corrected chi connectivity index (χ3v) is 5.02. The summed E-state index contributed by atoms with van der Waals surface area (Å²) in [4.78, 5) is 4.52. The van der Waals surface area contributed by atoms with Crippen molar-refractivity contribution >= 4 is 16.5 Å². The van der Waals surface area contributed by atoms with E-state index in [1.54, 1.807) is 21.3 Å². The summed E-state index contributed by atoms with van der Waals surface area (Å²) in [5.74, 6) is 2.50. The maximum absolute atomic E-state index is 5.88. The Kier molecular flexibility index (Phi) is 5.63. The number of ether oxygens (including phenoxy) is 3. The average Bonchev–Trinajstić information content (AvgIpc) is 3.12. The van der Waals surface area contributed by atoms with E-state index in [1.165, 1.54) is 11.3 Å². The number of hydrogen-bond donors (Lipinski definition) is 1. The molecule has 1 atom stereocenters. The first-order valence-corrected chi connectivity index (χ1v) is 9.08. The van der Waals surface area contributed by atoms with E-state index in [-0.39, 0.29) is 5.92 Å². The Hall–Kier alpha value is -2.73. The van der Waals surface area contributed by atoms with Crippen LogP contribution >= 0.6 is 11.3 Å². The molecule has 2 N–H and O–H groups in total. The molecule has 0 spiro atoms. The quantitative estimate of drug-likeness (QED) is 0.677. The zero-order valence-electron chi connectivity index (χ0n) is 15.1. The van der Waals surface area contributed by atoms with Gasteiger partial charge in [0.15, 0.2) is 5.13 Å². The van der Waals surface area contributed by atoms with Crippen LogP contribution < -0.4 is 19.9 Å². The van der Waals surface area contributed by atoms with Crippen LogP contribution in [0.5, 0.6) is 17.2 Å². The van der Waals surface area contributed by atoms with E-state index in [2.05, 4.69) is 17.1 Å². The number of aromatic nitrogens is 1. The second-order valence-corrected chi connectivity index (χ2v) is 6.71. The second kappa shape index (κ2) is 8.10. The molecule has 136 valence electrons. The van der Waals surface area contributed by atoms with Gasteiger partial charge in [-0.2, -0.15) is 0 Å². The first-order valence-electron chi connectivity index (χ1n) is 8.20. The van der Waals surface area contributed by atoms with Crippen molar-refractivity contribution in [3.05, 3.63) is 64.7 Å². The van der Waals surface area contributed by atoms with Crippen molar-refractivity contribution in [2.45, 2.75) is 12.3 Å². The number of nitrogens with two attached hydrogens (primary N) is 1. The highest BCUT2D eigenvalue weighted by Gasteiger charge is 2.20. The molecule has 0 amide bonds. The molecule has 0 fully saturated rings. The molecule has 5 nitrogen and oxygen atoms in total. The topological polar surface area (TPSA) is 66.6 Å². The van der Waals surface area contributed by atoms with E-state index in [4.69, 9.17) is 19.9 Å². The SMILES string of the molecule is COc1ccc(C(Cc2cc(OC)ccc2OC)c2csc(N)n2)cc1. The minimum absolute atomic E-state index is 0.0514. The molecular formula is C20H22N2O3S. The largest absolute Gasteiger partial charge is 0.497 e. The molecule has 26 heavy (non-hydrogen) atoms. The molecule has 3 aromatic rings. The van der Waals surface area contributed by atoms with Crippen LogP contribution in [0.2, 0.25) is 0 Å². The summed E-state index contributed by atoms with van der Waals surface area (Å²) in [7, 11) is 5.00. The van der Waals surface area contributed by atoms with Gasteiger partial charge in [0.1, 0.15) is 17.2 Å². The van der Waals surface area contributed by atoms with Crippen LogP contribution in [0.4, 0.5) is 5.13 Å². The predicted molar refractivity (Wildman–Crippen MR) is 105 cm³/mol. The maximum atomic E-state index is 5.88. The third kappa shape index (κ3) is 3.91.